The van der Waals surface area contributed by atoms with Gasteiger partial charge in [-0.15, -0.1) is 0 Å². The molecule has 5 rings (SSSR count). The van der Waals surface area contributed by atoms with E-state index in [1.807, 2.05) is 96.5 Å². The lowest BCUT2D eigenvalue weighted by Gasteiger charge is -2.07. The van der Waals surface area contributed by atoms with Gasteiger partial charge < -0.3 is 13.9 Å². The second-order valence-corrected chi connectivity index (χ2v) is 9.11. The molecule has 0 saturated heterocycles. The number of esters is 1. The number of aryl methyl sites for hydroxylation is 1. The number of carbonyl (C=O) groups excluding carboxylic acids is 1. The Hall–Kier alpha value is -4.72. The zero-order valence-electron chi connectivity index (χ0n) is 22.1. The summed E-state index contributed by atoms with van der Waals surface area (Å²) in [6, 6.07) is 27.8. The number of rotatable bonds is 11. The monoisotopic (exact) mass is 523 g/mol. The van der Waals surface area contributed by atoms with Crippen LogP contribution in [-0.4, -0.2) is 34.5 Å². The van der Waals surface area contributed by atoms with Gasteiger partial charge in [-0.3, -0.25) is 0 Å². The first-order valence-corrected chi connectivity index (χ1v) is 13.0. The average molecular weight is 524 g/mol. The highest BCUT2D eigenvalue weighted by atomic mass is 16.5. The van der Waals surface area contributed by atoms with Crippen molar-refractivity contribution in [2.24, 2.45) is 0 Å². The minimum atomic E-state index is -0.436. The quantitative estimate of drug-likeness (QED) is 0.191. The standard InChI is InChI=1S/C31H30N4O4/c1-3-37-31(36)29-28(35(34-33-29)21-24-10-6-4-7-11-24)20-23-14-16-26(17-15-23)38-19-18-27-22(2)39-30(32-27)25-12-8-5-9-13-25/h4-17H,3,18-21H2,1-2H3/p+1. The molecule has 0 fully saturated rings. The zero-order chi connectivity index (χ0) is 27.0. The molecular formula is C31H31N4O4+. The van der Waals surface area contributed by atoms with Crippen molar-refractivity contribution in [2.45, 2.75) is 33.2 Å². The van der Waals surface area contributed by atoms with Gasteiger partial charge in [-0.1, -0.05) is 65.9 Å². The molecule has 39 heavy (non-hydrogen) atoms. The van der Waals surface area contributed by atoms with Crippen molar-refractivity contribution in [2.75, 3.05) is 13.2 Å². The Morgan fingerprint density at radius 3 is 2.38 bits per heavy atom. The van der Waals surface area contributed by atoms with E-state index in [1.54, 1.807) is 6.92 Å². The van der Waals surface area contributed by atoms with Crippen LogP contribution in [0.15, 0.2) is 89.3 Å². The summed E-state index contributed by atoms with van der Waals surface area (Å²) in [6.07, 6.45) is 1.15. The molecule has 3 aromatic carbocycles. The van der Waals surface area contributed by atoms with Crippen molar-refractivity contribution < 1.29 is 23.4 Å². The molecular weight excluding hydrogens is 492 g/mol. The molecule has 0 spiro atoms. The lowest BCUT2D eigenvalue weighted by Crippen LogP contribution is -2.40. The van der Waals surface area contributed by atoms with Crippen LogP contribution in [-0.2, 0) is 24.1 Å². The normalized spacial score (nSPS) is 10.9. The Morgan fingerprint density at radius 2 is 1.67 bits per heavy atom. The number of ether oxygens (including phenoxy) is 2. The molecule has 0 aliphatic carbocycles. The molecule has 0 bridgehead atoms. The third-order valence-corrected chi connectivity index (χ3v) is 6.35. The topological polar surface area (TPSA) is 94.1 Å². The number of benzene rings is 3. The molecule has 8 heteroatoms. The number of H-pyrrole nitrogens is 1. The molecule has 0 aliphatic rings. The van der Waals surface area contributed by atoms with Crippen LogP contribution < -0.4 is 9.42 Å². The zero-order valence-corrected chi connectivity index (χ0v) is 22.1. The molecule has 5 aromatic rings. The summed E-state index contributed by atoms with van der Waals surface area (Å²) in [7, 11) is 0. The van der Waals surface area contributed by atoms with Crippen LogP contribution in [0.25, 0.3) is 11.5 Å². The average Bonchev–Trinajstić information content (AvgIpc) is 3.53. The first kappa shape index (κ1) is 25.9. The van der Waals surface area contributed by atoms with Crippen molar-refractivity contribution in [3.8, 4) is 17.2 Å². The molecule has 2 heterocycles. The number of aromatic amines is 1. The van der Waals surface area contributed by atoms with Crippen LogP contribution in [0.3, 0.4) is 0 Å². The maximum Gasteiger partial charge on any atom is 0.389 e. The van der Waals surface area contributed by atoms with Crippen LogP contribution in [0.5, 0.6) is 5.75 Å². The van der Waals surface area contributed by atoms with E-state index in [1.165, 1.54) is 0 Å². The second-order valence-electron chi connectivity index (χ2n) is 9.11. The summed E-state index contributed by atoms with van der Waals surface area (Å²) < 4.78 is 19.0. The van der Waals surface area contributed by atoms with Gasteiger partial charge in [0.2, 0.25) is 5.89 Å². The molecule has 0 amide bonds. The molecule has 1 N–H and O–H groups in total. The van der Waals surface area contributed by atoms with Gasteiger partial charge in [0.25, 0.3) is 0 Å². The smallest absolute Gasteiger partial charge is 0.389 e. The van der Waals surface area contributed by atoms with Crippen molar-refractivity contribution in [1.29, 1.82) is 0 Å². The molecule has 0 aliphatic heterocycles. The van der Waals surface area contributed by atoms with E-state index >= 15 is 0 Å². The predicted molar refractivity (Wildman–Crippen MR) is 145 cm³/mol. The maximum atomic E-state index is 12.6. The van der Waals surface area contributed by atoms with Gasteiger partial charge in [-0.2, -0.15) is 4.68 Å². The van der Waals surface area contributed by atoms with Gasteiger partial charge in [0.15, 0.2) is 5.69 Å². The Kier molecular flexibility index (Phi) is 8.12. The second kappa shape index (κ2) is 12.2. The van der Waals surface area contributed by atoms with Gasteiger partial charge in [-0.25, -0.2) is 9.78 Å². The summed E-state index contributed by atoms with van der Waals surface area (Å²) >= 11 is 0. The van der Waals surface area contributed by atoms with E-state index in [2.05, 4.69) is 15.3 Å². The van der Waals surface area contributed by atoms with E-state index in [9.17, 15) is 4.79 Å². The number of hydrogen-bond donors (Lipinski definition) is 1. The number of nitrogens with one attached hydrogen (secondary N) is 1. The van der Waals surface area contributed by atoms with Gasteiger partial charge in [0.1, 0.15) is 18.1 Å². The van der Waals surface area contributed by atoms with Crippen LogP contribution in [0.4, 0.5) is 0 Å². The molecule has 0 atom stereocenters. The Morgan fingerprint density at radius 1 is 0.949 bits per heavy atom. The number of carbonyl (C=O) groups is 1. The van der Waals surface area contributed by atoms with Gasteiger partial charge >= 0.3 is 11.7 Å². The van der Waals surface area contributed by atoms with Crippen molar-refractivity contribution in [3.05, 3.63) is 119 Å². The Labute approximate surface area is 227 Å². The molecule has 198 valence electrons. The highest BCUT2D eigenvalue weighted by Gasteiger charge is 2.29. The summed E-state index contributed by atoms with van der Waals surface area (Å²) in [6.45, 7) is 5.04. The van der Waals surface area contributed by atoms with Gasteiger partial charge in [-0.05, 0) is 49.2 Å². The lowest BCUT2D eigenvalue weighted by molar-refractivity contribution is -0.751. The van der Waals surface area contributed by atoms with Crippen LogP contribution >= 0.6 is 0 Å². The van der Waals surface area contributed by atoms with E-state index < -0.39 is 5.97 Å². The van der Waals surface area contributed by atoms with Crippen molar-refractivity contribution in [3.63, 3.8) is 0 Å². The van der Waals surface area contributed by atoms with E-state index in [0.29, 0.717) is 37.6 Å². The third-order valence-electron chi connectivity index (χ3n) is 6.35. The molecule has 0 saturated carbocycles. The van der Waals surface area contributed by atoms with Crippen LogP contribution in [0.1, 0.15) is 45.7 Å². The van der Waals surface area contributed by atoms with Crippen LogP contribution in [0.2, 0.25) is 0 Å². The maximum absolute atomic E-state index is 12.6. The Bertz CT molecular complexity index is 1510. The Balaban J connectivity index is 1.24. The molecule has 8 nitrogen and oxygen atoms in total. The fourth-order valence-corrected chi connectivity index (χ4v) is 4.33. The van der Waals surface area contributed by atoms with Crippen molar-refractivity contribution in [1.82, 2.24) is 15.3 Å². The summed E-state index contributed by atoms with van der Waals surface area (Å²) in [5, 5.41) is 7.25. The highest BCUT2D eigenvalue weighted by molar-refractivity contribution is 5.88. The lowest BCUT2D eigenvalue weighted by atomic mass is 10.1. The van der Waals surface area contributed by atoms with Crippen LogP contribution in [0, 0.1) is 6.92 Å². The van der Waals surface area contributed by atoms with Crippen molar-refractivity contribution >= 4 is 5.97 Å². The van der Waals surface area contributed by atoms with E-state index in [-0.39, 0.29) is 6.61 Å². The van der Waals surface area contributed by atoms with Gasteiger partial charge in [0.05, 0.1) is 24.0 Å². The fraction of sp³-hybridized carbons (Fsp3) is 0.226. The minimum Gasteiger partial charge on any atom is -0.493 e. The molecule has 0 unspecified atom stereocenters. The first-order valence-electron chi connectivity index (χ1n) is 13.0. The minimum absolute atomic E-state index is 0.289. The fourth-order valence-electron chi connectivity index (χ4n) is 4.33. The first-order chi connectivity index (χ1) is 19.1. The predicted octanol–water partition coefficient (Wildman–Crippen LogP) is 5.10. The molecule has 2 aromatic heterocycles. The SMILES string of the molecule is CCOC(=O)c1n[nH][n+](Cc2ccccc2)c1Cc1ccc(OCCc2nc(-c3ccccc3)oc2C)cc1. The number of hydrogen-bond acceptors (Lipinski definition) is 6. The molecule has 0 radical (unpaired) electrons. The number of aromatic nitrogens is 4. The summed E-state index contributed by atoms with van der Waals surface area (Å²) in [4.78, 5) is 17.2. The van der Waals surface area contributed by atoms with Gasteiger partial charge in [0, 0.05) is 18.4 Å². The van der Waals surface area contributed by atoms with E-state index in [0.717, 1.165) is 39.6 Å². The highest BCUT2D eigenvalue weighted by Crippen LogP contribution is 2.22. The summed E-state index contributed by atoms with van der Waals surface area (Å²) in [5.41, 5.74) is 5.03. The largest absolute Gasteiger partial charge is 0.493 e. The van der Waals surface area contributed by atoms with E-state index in [4.69, 9.17) is 13.9 Å². The third kappa shape index (κ3) is 6.41. The summed E-state index contributed by atoms with van der Waals surface area (Å²) in [5.74, 6) is 1.75. The number of nitrogens with zero attached hydrogens (tertiary/aromatic N) is 3. The number of oxazole rings is 1.